The average Bonchev–Trinajstić information content (AvgIpc) is 2.62. The van der Waals surface area contributed by atoms with Crippen LogP contribution in [-0.4, -0.2) is 35.8 Å². The minimum atomic E-state index is -4.69. The zero-order chi connectivity index (χ0) is 21.8. The van der Waals surface area contributed by atoms with Crippen molar-refractivity contribution in [2.45, 2.75) is 26.1 Å². The van der Waals surface area contributed by atoms with E-state index >= 15 is 0 Å². The van der Waals surface area contributed by atoms with Crippen LogP contribution in [0.1, 0.15) is 19.4 Å². The fourth-order valence-corrected chi connectivity index (χ4v) is 2.32. The van der Waals surface area contributed by atoms with Crippen molar-refractivity contribution in [2.75, 3.05) is 14.1 Å². The van der Waals surface area contributed by atoms with Gasteiger partial charge < -0.3 is 14.5 Å². The highest BCUT2D eigenvalue weighted by Crippen LogP contribution is 2.38. The lowest BCUT2D eigenvalue weighted by atomic mass is 10.2. The molecular weight excluding hydrogens is 391 g/mol. The molecule has 0 N–H and O–H groups in total. The summed E-state index contributed by atoms with van der Waals surface area (Å²) >= 11 is 0. The molecule has 0 fully saturated rings. The van der Waals surface area contributed by atoms with Gasteiger partial charge in [-0.25, -0.2) is 0 Å². The molecule has 0 amide bonds. The minimum absolute atomic E-state index is 0.214. The molecule has 156 valence electrons. The Morgan fingerprint density at radius 3 is 2.24 bits per heavy atom. The van der Waals surface area contributed by atoms with Gasteiger partial charge in [0, 0.05) is 20.2 Å². The number of benzene rings is 2. The van der Waals surface area contributed by atoms with E-state index in [1.54, 1.807) is 31.2 Å². The molecule has 0 heterocycles. The van der Waals surface area contributed by atoms with E-state index in [9.17, 15) is 23.3 Å². The molecular formula is C19H20F3N3O4. The van der Waals surface area contributed by atoms with Crippen molar-refractivity contribution < 1.29 is 27.6 Å². The highest BCUT2D eigenvalue weighted by atomic mass is 19.4. The average molecular weight is 411 g/mol. The number of hydrazone groups is 1. The normalized spacial score (nSPS) is 13.0. The van der Waals surface area contributed by atoms with Crippen molar-refractivity contribution in [3.63, 3.8) is 0 Å². The van der Waals surface area contributed by atoms with E-state index in [0.29, 0.717) is 11.8 Å². The molecule has 1 unspecified atom stereocenters. The van der Waals surface area contributed by atoms with Gasteiger partial charge in [0.15, 0.2) is 0 Å². The predicted molar refractivity (Wildman–Crippen MR) is 102 cm³/mol. The van der Waals surface area contributed by atoms with Gasteiger partial charge in [-0.3, -0.25) is 10.1 Å². The Bertz CT molecular complexity index is 897. The van der Waals surface area contributed by atoms with Crippen molar-refractivity contribution >= 4 is 11.4 Å². The maximum Gasteiger partial charge on any atom is 0.416 e. The maximum absolute atomic E-state index is 12.8. The lowest BCUT2D eigenvalue weighted by Gasteiger charge is -2.16. The Kier molecular flexibility index (Phi) is 6.68. The van der Waals surface area contributed by atoms with Crippen LogP contribution in [0.2, 0.25) is 0 Å². The Labute approximate surface area is 165 Å². The second-order valence-corrected chi connectivity index (χ2v) is 6.36. The Balaban J connectivity index is 2.16. The smallest absolute Gasteiger partial charge is 0.416 e. The quantitative estimate of drug-likeness (QED) is 0.359. The van der Waals surface area contributed by atoms with Crippen LogP contribution in [0.25, 0.3) is 0 Å². The molecule has 0 bridgehead atoms. The standard InChI is InChI=1S/C19H20F3N3O4/c1-12(23-24(3)4)13(2)28-15-6-8-16(9-7-15)29-18-10-5-14(19(20,21)22)11-17(18)25(26)27/h5-11,13H,1-4H3. The lowest BCUT2D eigenvalue weighted by Crippen LogP contribution is -2.23. The van der Waals surface area contributed by atoms with E-state index in [4.69, 9.17) is 9.47 Å². The number of hydrogen-bond donors (Lipinski definition) is 0. The zero-order valence-corrected chi connectivity index (χ0v) is 16.2. The van der Waals surface area contributed by atoms with Gasteiger partial charge in [-0.05, 0) is 50.2 Å². The molecule has 0 radical (unpaired) electrons. The number of halogens is 3. The number of rotatable bonds is 7. The van der Waals surface area contributed by atoms with Gasteiger partial charge in [0.2, 0.25) is 5.75 Å². The summed E-state index contributed by atoms with van der Waals surface area (Å²) in [5, 5.41) is 17.0. The first kappa shape index (κ1) is 22.0. The number of nitrogens with zero attached hydrogens (tertiary/aromatic N) is 3. The third kappa shape index (κ3) is 6.09. The molecule has 0 aromatic heterocycles. The van der Waals surface area contributed by atoms with Gasteiger partial charge in [0.1, 0.15) is 17.6 Å². The summed E-state index contributed by atoms with van der Waals surface area (Å²) in [5.41, 5.74) is -1.14. The third-order valence-corrected chi connectivity index (χ3v) is 3.79. The minimum Gasteiger partial charge on any atom is -0.485 e. The highest BCUT2D eigenvalue weighted by molar-refractivity contribution is 5.86. The monoisotopic (exact) mass is 411 g/mol. The van der Waals surface area contributed by atoms with Crippen LogP contribution in [0.3, 0.4) is 0 Å². The molecule has 0 saturated heterocycles. The second kappa shape index (κ2) is 8.80. The van der Waals surface area contributed by atoms with Gasteiger partial charge in [0.05, 0.1) is 16.2 Å². The number of alkyl halides is 3. The molecule has 29 heavy (non-hydrogen) atoms. The molecule has 0 saturated carbocycles. The molecule has 0 aliphatic carbocycles. The summed E-state index contributed by atoms with van der Waals surface area (Å²) in [5.74, 6) is 0.436. The van der Waals surface area contributed by atoms with Crippen LogP contribution >= 0.6 is 0 Å². The fraction of sp³-hybridized carbons (Fsp3) is 0.316. The van der Waals surface area contributed by atoms with Crippen LogP contribution in [-0.2, 0) is 6.18 Å². The Hall–Kier alpha value is -3.30. The molecule has 10 heteroatoms. The molecule has 1 atom stereocenters. The number of ether oxygens (including phenoxy) is 2. The first-order valence-electron chi connectivity index (χ1n) is 8.50. The van der Waals surface area contributed by atoms with Gasteiger partial charge in [0.25, 0.3) is 0 Å². The van der Waals surface area contributed by atoms with Gasteiger partial charge in [-0.1, -0.05) is 0 Å². The summed E-state index contributed by atoms with van der Waals surface area (Å²) in [6.45, 7) is 3.66. The molecule has 2 aromatic rings. The summed E-state index contributed by atoms with van der Waals surface area (Å²) in [7, 11) is 3.59. The van der Waals surface area contributed by atoms with Crippen molar-refractivity contribution in [2.24, 2.45) is 5.10 Å². The topological polar surface area (TPSA) is 77.2 Å². The largest absolute Gasteiger partial charge is 0.485 e. The van der Waals surface area contributed by atoms with Crippen molar-refractivity contribution in [3.8, 4) is 17.2 Å². The number of hydrogen-bond acceptors (Lipinski definition) is 6. The van der Waals surface area contributed by atoms with Gasteiger partial charge >= 0.3 is 11.9 Å². The van der Waals surface area contributed by atoms with Gasteiger partial charge in [-0.15, -0.1) is 0 Å². The lowest BCUT2D eigenvalue weighted by molar-refractivity contribution is -0.385. The van der Waals surface area contributed by atoms with Crippen LogP contribution in [0.4, 0.5) is 18.9 Å². The van der Waals surface area contributed by atoms with Crippen LogP contribution in [0.5, 0.6) is 17.2 Å². The molecule has 2 aromatic carbocycles. The van der Waals surface area contributed by atoms with Crippen molar-refractivity contribution in [3.05, 3.63) is 58.1 Å². The molecule has 7 nitrogen and oxygen atoms in total. The first-order valence-corrected chi connectivity index (χ1v) is 8.50. The SMILES string of the molecule is CC(=NN(C)C)C(C)Oc1ccc(Oc2ccc(C(F)(F)F)cc2[N+](=O)[O-])cc1. The molecule has 2 rings (SSSR count). The van der Waals surface area contributed by atoms with E-state index in [0.717, 1.165) is 17.8 Å². The maximum atomic E-state index is 12.8. The molecule has 0 spiro atoms. The Morgan fingerprint density at radius 1 is 1.14 bits per heavy atom. The molecule has 0 aliphatic heterocycles. The summed E-state index contributed by atoms with van der Waals surface area (Å²) < 4.78 is 49.5. The Morgan fingerprint density at radius 2 is 1.72 bits per heavy atom. The van der Waals surface area contributed by atoms with E-state index in [-0.39, 0.29) is 17.6 Å². The number of nitro groups is 1. The summed E-state index contributed by atoms with van der Waals surface area (Å²) in [4.78, 5) is 10.2. The third-order valence-electron chi connectivity index (χ3n) is 3.79. The zero-order valence-electron chi connectivity index (χ0n) is 16.2. The molecule has 0 aliphatic rings. The van der Waals surface area contributed by atoms with Crippen molar-refractivity contribution in [1.82, 2.24) is 5.01 Å². The fourth-order valence-electron chi connectivity index (χ4n) is 2.32. The summed E-state index contributed by atoms with van der Waals surface area (Å²) in [6.07, 6.45) is -4.98. The van der Waals surface area contributed by atoms with Crippen LogP contribution in [0.15, 0.2) is 47.6 Å². The van der Waals surface area contributed by atoms with Crippen molar-refractivity contribution in [1.29, 1.82) is 0 Å². The summed E-state index contributed by atoms with van der Waals surface area (Å²) in [6, 6.07) is 8.28. The van der Waals surface area contributed by atoms with E-state index in [1.165, 1.54) is 12.1 Å². The van der Waals surface area contributed by atoms with Crippen LogP contribution < -0.4 is 9.47 Å². The van der Waals surface area contributed by atoms with E-state index in [2.05, 4.69) is 5.10 Å². The van der Waals surface area contributed by atoms with Gasteiger partial charge in [-0.2, -0.15) is 18.3 Å². The van der Waals surface area contributed by atoms with Crippen LogP contribution in [0, 0.1) is 10.1 Å². The van der Waals surface area contributed by atoms with E-state index < -0.39 is 22.4 Å². The first-order chi connectivity index (χ1) is 13.5. The predicted octanol–water partition coefficient (Wildman–Crippen LogP) is 5.11. The second-order valence-electron chi connectivity index (χ2n) is 6.36. The highest BCUT2D eigenvalue weighted by Gasteiger charge is 2.33. The number of nitro benzene ring substituents is 1. The van der Waals surface area contributed by atoms with E-state index in [1.807, 2.05) is 13.8 Å².